The molecular weight excluding hydrogens is 410 g/mol. The Balaban J connectivity index is 1.29. The molecule has 6 nitrogen and oxygen atoms in total. The monoisotopic (exact) mass is 445 g/mol. The Labute approximate surface area is 197 Å². The van der Waals surface area contributed by atoms with Crippen LogP contribution < -0.4 is 10.2 Å². The number of aryl methyl sites for hydroxylation is 3. The summed E-state index contributed by atoms with van der Waals surface area (Å²) < 4.78 is 2.00. The van der Waals surface area contributed by atoms with Gasteiger partial charge in [0.05, 0.1) is 24.5 Å². The first-order chi connectivity index (χ1) is 16.0. The molecule has 1 saturated heterocycles. The number of piperazine rings is 1. The normalized spacial score (nSPS) is 14.5. The summed E-state index contributed by atoms with van der Waals surface area (Å²) in [5.41, 5.74) is 7.05. The third kappa shape index (κ3) is 5.82. The van der Waals surface area contributed by atoms with Crippen LogP contribution in [0.5, 0.6) is 0 Å². The summed E-state index contributed by atoms with van der Waals surface area (Å²) in [7, 11) is 0. The molecule has 1 aromatic heterocycles. The van der Waals surface area contributed by atoms with E-state index in [-0.39, 0.29) is 5.91 Å². The summed E-state index contributed by atoms with van der Waals surface area (Å²) in [5.74, 6) is 0.0567. The Hall–Kier alpha value is -3.12. The largest absolute Gasteiger partial charge is 0.369 e. The Morgan fingerprint density at radius 1 is 1.00 bits per heavy atom. The van der Waals surface area contributed by atoms with Crippen molar-refractivity contribution in [2.75, 3.05) is 37.6 Å². The molecule has 0 atom stereocenters. The standard InChI is InChI=1S/C27H35N5O/c1-4-8-25-18-23(29-32(25)24-9-6-5-7-10-24)19-28-27(33)20-30-13-15-31(16-14-30)26-12-11-21(2)17-22(26)3/h5-7,9-12,17-18H,4,8,13-16,19-20H2,1-3H3,(H,28,33). The van der Waals surface area contributed by atoms with E-state index >= 15 is 0 Å². The van der Waals surface area contributed by atoms with E-state index in [2.05, 4.69) is 72.3 Å². The molecule has 0 bridgehead atoms. The number of rotatable bonds is 8. The molecule has 6 heteroatoms. The van der Waals surface area contributed by atoms with Gasteiger partial charge >= 0.3 is 0 Å². The van der Waals surface area contributed by atoms with Crippen LogP contribution in [0.25, 0.3) is 5.69 Å². The van der Waals surface area contributed by atoms with Crippen LogP contribution in [0.4, 0.5) is 5.69 Å². The molecule has 4 rings (SSSR count). The van der Waals surface area contributed by atoms with E-state index in [4.69, 9.17) is 5.10 Å². The highest BCUT2D eigenvalue weighted by Crippen LogP contribution is 2.22. The number of hydrogen-bond donors (Lipinski definition) is 1. The molecule has 33 heavy (non-hydrogen) atoms. The number of amides is 1. The van der Waals surface area contributed by atoms with E-state index in [0.717, 1.165) is 50.4 Å². The van der Waals surface area contributed by atoms with Crippen molar-refractivity contribution < 1.29 is 4.79 Å². The van der Waals surface area contributed by atoms with Gasteiger partial charge in [0.1, 0.15) is 0 Å². The molecule has 2 heterocycles. The van der Waals surface area contributed by atoms with Gasteiger partial charge in [-0.15, -0.1) is 0 Å². The Kier molecular flexibility index (Phi) is 7.45. The number of anilines is 1. The number of hydrogen-bond acceptors (Lipinski definition) is 4. The summed E-state index contributed by atoms with van der Waals surface area (Å²) in [5, 5.41) is 7.83. The molecule has 0 aliphatic carbocycles. The van der Waals surface area contributed by atoms with Crippen molar-refractivity contribution in [3.05, 3.63) is 77.1 Å². The van der Waals surface area contributed by atoms with Gasteiger partial charge in [-0.05, 0) is 50.1 Å². The minimum atomic E-state index is 0.0567. The first kappa shape index (κ1) is 23.1. The van der Waals surface area contributed by atoms with E-state index in [0.29, 0.717) is 13.1 Å². The zero-order valence-electron chi connectivity index (χ0n) is 20.1. The van der Waals surface area contributed by atoms with Crippen LogP contribution in [0.1, 0.15) is 35.9 Å². The van der Waals surface area contributed by atoms with Gasteiger partial charge in [-0.1, -0.05) is 49.2 Å². The van der Waals surface area contributed by atoms with Crippen LogP contribution in [0.15, 0.2) is 54.6 Å². The van der Waals surface area contributed by atoms with Crippen LogP contribution in [-0.2, 0) is 17.8 Å². The summed E-state index contributed by atoms with van der Waals surface area (Å²) in [6, 6.07) is 18.9. The lowest BCUT2D eigenvalue weighted by Gasteiger charge is -2.36. The van der Waals surface area contributed by atoms with Gasteiger partial charge in [0, 0.05) is 37.6 Å². The molecule has 174 valence electrons. The summed E-state index contributed by atoms with van der Waals surface area (Å²) in [6.07, 6.45) is 2.01. The average Bonchev–Trinajstić information content (AvgIpc) is 3.22. The molecule has 1 N–H and O–H groups in total. The number of carbonyl (C=O) groups is 1. The maximum Gasteiger partial charge on any atom is 0.234 e. The SMILES string of the molecule is CCCc1cc(CNC(=O)CN2CCN(c3ccc(C)cc3C)CC2)nn1-c1ccccc1. The molecule has 0 spiro atoms. The minimum Gasteiger partial charge on any atom is -0.369 e. The molecule has 1 fully saturated rings. The predicted molar refractivity (Wildman–Crippen MR) is 134 cm³/mol. The van der Waals surface area contributed by atoms with Crippen LogP contribution >= 0.6 is 0 Å². The van der Waals surface area contributed by atoms with Gasteiger partial charge < -0.3 is 10.2 Å². The zero-order chi connectivity index (χ0) is 23.2. The van der Waals surface area contributed by atoms with Crippen molar-refractivity contribution in [2.24, 2.45) is 0 Å². The number of benzene rings is 2. The van der Waals surface area contributed by atoms with Crippen molar-refractivity contribution in [2.45, 2.75) is 40.2 Å². The highest BCUT2D eigenvalue weighted by atomic mass is 16.2. The number of aromatic nitrogens is 2. The molecule has 1 amide bonds. The summed E-state index contributed by atoms with van der Waals surface area (Å²) in [6.45, 7) is 11.0. The fraction of sp³-hybridized carbons (Fsp3) is 0.407. The fourth-order valence-corrected chi connectivity index (χ4v) is 4.54. The van der Waals surface area contributed by atoms with Crippen molar-refractivity contribution in [3.63, 3.8) is 0 Å². The maximum atomic E-state index is 12.6. The van der Waals surface area contributed by atoms with Crippen molar-refractivity contribution in [1.29, 1.82) is 0 Å². The second kappa shape index (κ2) is 10.7. The number of nitrogens with zero attached hydrogens (tertiary/aromatic N) is 4. The first-order valence-corrected chi connectivity index (χ1v) is 12.0. The van der Waals surface area contributed by atoms with Gasteiger partial charge in [0.25, 0.3) is 0 Å². The fourth-order valence-electron chi connectivity index (χ4n) is 4.54. The average molecular weight is 446 g/mol. The molecule has 2 aromatic carbocycles. The lowest BCUT2D eigenvalue weighted by Crippen LogP contribution is -2.49. The summed E-state index contributed by atoms with van der Waals surface area (Å²) >= 11 is 0. The van der Waals surface area contributed by atoms with Crippen LogP contribution in [0.2, 0.25) is 0 Å². The predicted octanol–water partition coefficient (Wildman–Crippen LogP) is 3.88. The van der Waals surface area contributed by atoms with Gasteiger partial charge in [-0.25, -0.2) is 4.68 Å². The Bertz CT molecular complexity index is 1070. The van der Waals surface area contributed by atoms with Crippen LogP contribution in [0.3, 0.4) is 0 Å². The van der Waals surface area contributed by atoms with E-state index in [9.17, 15) is 4.79 Å². The van der Waals surface area contributed by atoms with E-state index < -0.39 is 0 Å². The number of carbonyl (C=O) groups excluding carboxylic acids is 1. The first-order valence-electron chi connectivity index (χ1n) is 12.0. The Morgan fingerprint density at radius 2 is 1.76 bits per heavy atom. The van der Waals surface area contributed by atoms with Gasteiger partial charge in [0.2, 0.25) is 5.91 Å². The quantitative estimate of drug-likeness (QED) is 0.572. The highest BCUT2D eigenvalue weighted by molar-refractivity contribution is 5.78. The molecule has 0 unspecified atom stereocenters. The maximum absolute atomic E-state index is 12.6. The summed E-state index contributed by atoms with van der Waals surface area (Å²) in [4.78, 5) is 17.3. The van der Waals surface area contributed by atoms with E-state index in [1.165, 1.54) is 22.5 Å². The molecule has 0 radical (unpaired) electrons. The molecule has 0 saturated carbocycles. The highest BCUT2D eigenvalue weighted by Gasteiger charge is 2.20. The Morgan fingerprint density at radius 3 is 2.45 bits per heavy atom. The third-order valence-electron chi connectivity index (χ3n) is 6.24. The number of nitrogens with one attached hydrogen (secondary N) is 1. The van der Waals surface area contributed by atoms with Crippen molar-refractivity contribution in [1.82, 2.24) is 20.0 Å². The molecule has 1 aliphatic rings. The van der Waals surface area contributed by atoms with Gasteiger partial charge in [-0.3, -0.25) is 9.69 Å². The molecular formula is C27H35N5O. The number of para-hydroxylation sites is 1. The van der Waals surface area contributed by atoms with E-state index in [1.807, 2.05) is 22.9 Å². The second-order valence-electron chi connectivity index (χ2n) is 8.95. The lowest BCUT2D eigenvalue weighted by molar-refractivity contribution is -0.122. The zero-order valence-corrected chi connectivity index (χ0v) is 20.1. The van der Waals surface area contributed by atoms with Gasteiger partial charge in [-0.2, -0.15) is 5.10 Å². The molecule has 1 aliphatic heterocycles. The second-order valence-corrected chi connectivity index (χ2v) is 8.95. The topological polar surface area (TPSA) is 53.4 Å². The van der Waals surface area contributed by atoms with E-state index in [1.54, 1.807) is 0 Å². The smallest absolute Gasteiger partial charge is 0.234 e. The lowest BCUT2D eigenvalue weighted by atomic mass is 10.1. The van der Waals surface area contributed by atoms with Crippen LogP contribution in [-0.4, -0.2) is 53.3 Å². The molecule has 3 aromatic rings. The van der Waals surface area contributed by atoms with Crippen LogP contribution in [0, 0.1) is 13.8 Å². The van der Waals surface area contributed by atoms with Crippen molar-refractivity contribution in [3.8, 4) is 5.69 Å². The van der Waals surface area contributed by atoms with Gasteiger partial charge in [0.15, 0.2) is 0 Å². The third-order valence-corrected chi connectivity index (χ3v) is 6.24. The van der Waals surface area contributed by atoms with Crippen molar-refractivity contribution >= 4 is 11.6 Å². The minimum absolute atomic E-state index is 0.0567.